The van der Waals surface area contributed by atoms with Gasteiger partial charge in [0.1, 0.15) is 11.4 Å². The summed E-state index contributed by atoms with van der Waals surface area (Å²) in [7, 11) is 1.62. The summed E-state index contributed by atoms with van der Waals surface area (Å²) >= 11 is 0. The molecule has 6 nitrogen and oxygen atoms in total. The van der Waals surface area contributed by atoms with E-state index in [1.54, 1.807) is 19.4 Å². The lowest BCUT2D eigenvalue weighted by Gasteiger charge is -2.09. The van der Waals surface area contributed by atoms with Crippen molar-refractivity contribution >= 4 is 5.84 Å². The minimum Gasteiger partial charge on any atom is -0.497 e. The molecule has 0 radical (unpaired) electrons. The number of ether oxygens (including phenoxy) is 2. The van der Waals surface area contributed by atoms with Crippen molar-refractivity contribution in [2.24, 2.45) is 10.9 Å². The molecule has 0 fully saturated rings. The fraction of sp³-hybridized carbons (Fsp3) is 0.200. The molecule has 0 aliphatic rings. The van der Waals surface area contributed by atoms with E-state index < -0.39 is 0 Å². The molecule has 0 unspecified atom stereocenters. The molecule has 0 spiro atoms. The van der Waals surface area contributed by atoms with Gasteiger partial charge in [0, 0.05) is 11.8 Å². The van der Waals surface area contributed by atoms with E-state index in [1.807, 2.05) is 30.3 Å². The molecule has 0 atom stereocenters. The lowest BCUT2D eigenvalue weighted by molar-refractivity contribution is 0.106. The third kappa shape index (κ3) is 3.93. The van der Waals surface area contributed by atoms with Crippen LogP contribution in [0.4, 0.5) is 0 Å². The standard InChI is InChI=1S/C15H17N3O3/c1-20-13-6-2-4-11(8-13)9-21-10-12-5-3-7-17-14(12)15(16)18-19/h2-8,19H,9-10H2,1H3,(H2,16,18). The van der Waals surface area contributed by atoms with Gasteiger partial charge in [-0.1, -0.05) is 23.4 Å². The van der Waals surface area contributed by atoms with Crippen LogP contribution in [0, 0.1) is 0 Å². The summed E-state index contributed by atoms with van der Waals surface area (Å²) < 4.78 is 10.8. The lowest BCUT2D eigenvalue weighted by atomic mass is 10.2. The van der Waals surface area contributed by atoms with Gasteiger partial charge in [0.2, 0.25) is 0 Å². The van der Waals surface area contributed by atoms with Crippen LogP contribution in [0.5, 0.6) is 5.75 Å². The molecule has 0 aliphatic heterocycles. The van der Waals surface area contributed by atoms with Crippen LogP contribution >= 0.6 is 0 Å². The molecule has 0 bridgehead atoms. The second-order valence-electron chi connectivity index (χ2n) is 4.34. The number of rotatable bonds is 6. The van der Waals surface area contributed by atoms with E-state index in [-0.39, 0.29) is 5.84 Å². The van der Waals surface area contributed by atoms with Gasteiger partial charge < -0.3 is 20.4 Å². The predicted octanol–water partition coefficient (Wildman–Crippen LogP) is 1.90. The summed E-state index contributed by atoms with van der Waals surface area (Å²) in [5, 5.41) is 11.7. The highest BCUT2D eigenvalue weighted by Crippen LogP contribution is 2.14. The number of nitrogens with zero attached hydrogens (tertiary/aromatic N) is 2. The number of benzene rings is 1. The van der Waals surface area contributed by atoms with Crippen molar-refractivity contribution in [1.29, 1.82) is 0 Å². The molecule has 0 aliphatic carbocycles. The summed E-state index contributed by atoms with van der Waals surface area (Å²) in [6.45, 7) is 0.748. The van der Waals surface area contributed by atoms with E-state index in [4.69, 9.17) is 20.4 Å². The Balaban J connectivity index is 2.00. The van der Waals surface area contributed by atoms with E-state index in [0.29, 0.717) is 18.9 Å². The van der Waals surface area contributed by atoms with Crippen molar-refractivity contribution < 1.29 is 14.7 Å². The van der Waals surface area contributed by atoms with E-state index in [1.165, 1.54) is 0 Å². The van der Waals surface area contributed by atoms with Gasteiger partial charge in [0.25, 0.3) is 0 Å². The van der Waals surface area contributed by atoms with Gasteiger partial charge in [-0.25, -0.2) is 0 Å². The number of pyridine rings is 1. The number of hydrogen-bond acceptors (Lipinski definition) is 5. The van der Waals surface area contributed by atoms with Crippen LogP contribution in [-0.2, 0) is 18.0 Å². The van der Waals surface area contributed by atoms with Crippen LogP contribution in [0.15, 0.2) is 47.8 Å². The normalized spacial score (nSPS) is 11.4. The number of methoxy groups -OCH3 is 1. The summed E-state index contributed by atoms with van der Waals surface area (Å²) in [5.74, 6) is 0.755. The molecular formula is C15H17N3O3. The summed E-state index contributed by atoms with van der Waals surface area (Å²) in [6.07, 6.45) is 1.58. The molecule has 1 aromatic carbocycles. The van der Waals surface area contributed by atoms with Gasteiger partial charge in [-0.05, 0) is 23.8 Å². The molecule has 110 valence electrons. The largest absolute Gasteiger partial charge is 0.497 e. The molecule has 0 saturated heterocycles. The SMILES string of the molecule is COc1cccc(COCc2cccnc2C(N)=NO)c1. The maximum Gasteiger partial charge on any atom is 0.189 e. The van der Waals surface area contributed by atoms with Crippen molar-refractivity contribution in [3.05, 3.63) is 59.4 Å². The van der Waals surface area contributed by atoms with Crippen molar-refractivity contribution in [3.8, 4) is 5.75 Å². The molecule has 3 N–H and O–H groups in total. The number of hydrogen-bond donors (Lipinski definition) is 2. The van der Waals surface area contributed by atoms with E-state index >= 15 is 0 Å². The molecule has 21 heavy (non-hydrogen) atoms. The zero-order valence-corrected chi connectivity index (χ0v) is 11.7. The zero-order valence-electron chi connectivity index (χ0n) is 11.7. The predicted molar refractivity (Wildman–Crippen MR) is 78.2 cm³/mol. The number of oxime groups is 1. The first kappa shape index (κ1) is 14.8. The van der Waals surface area contributed by atoms with Crippen LogP contribution in [0.2, 0.25) is 0 Å². The Hall–Kier alpha value is -2.60. The van der Waals surface area contributed by atoms with Gasteiger partial charge in [-0.2, -0.15) is 0 Å². The minimum absolute atomic E-state index is 0.0319. The highest BCUT2D eigenvalue weighted by molar-refractivity contribution is 5.96. The molecule has 2 aromatic rings. The van der Waals surface area contributed by atoms with E-state index in [0.717, 1.165) is 16.9 Å². The molecule has 6 heteroatoms. The highest BCUT2D eigenvalue weighted by Gasteiger charge is 2.08. The average Bonchev–Trinajstić information content (AvgIpc) is 2.55. The smallest absolute Gasteiger partial charge is 0.189 e. The first-order valence-corrected chi connectivity index (χ1v) is 6.37. The number of amidine groups is 1. The maximum absolute atomic E-state index is 8.74. The number of nitrogens with two attached hydrogens (primary N) is 1. The molecule has 0 saturated carbocycles. The molecule has 1 heterocycles. The van der Waals surface area contributed by atoms with Crippen LogP contribution in [0.3, 0.4) is 0 Å². The second-order valence-corrected chi connectivity index (χ2v) is 4.34. The quantitative estimate of drug-likeness (QED) is 0.366. The van der Waals surface area contributed by atoms with Crippen molar-refractivity contribution in [2.75, 3.05) is 7.11 Å². The summed E-state index contributed by atoms with van der Waals surface area (Å²) in [4.78, 5) is 4.09. The third-order valence-corrected chi connectivity index (χ3v) is 2.90. The Morgan fingerprint density at radius 2 is 2.14 bits per heavy atom. The second kappa shape index (κ2) is 7.25. The fourth-order valence-electron chi connectivity index (χ4n) is 1.87. The Morgan fingerprint density at radius 1 is 1.29 bits per heavy atom. The van der Waals surface area contributed by atoms with Gasteiger partial charge in [-0.15, -0.1) is 0 Å². The minimum atomic E-state index is -0.0319. The first-order chi connectivity index (χ1) is 10.2. The average molecular weight is 287 g/mol. The Bertz CT molecular complexity index is 629. The first-order valence-electron chi connectivity index (χ1n) is 6.37. The molecular weight excluding hydrogens is 270 g/mol. The maximum atomic E-state index is 8.74. The van der Waals surface area contributed by atoms with Gasteiger partial charge >= 0.3 is 0 Å². The van der Waals surface area contributed by atoms with Gasteiger partial charge in [-0.3, -0.25) is 4.98 Å². The van der Waals surface area contributed by atoms with E-state index in [2.05, 4.69) is 10.1 Å². The topological polar surface area (TPSA) is 90.0 Å². The summed E-state index contributed by atoms with van der Waals surface area (Å²) in [6, 6.07) is 11.2. The van der Waals surface area contributed by atoms with Crippen molar-refractivity contribution in [2.45, 2.75) is 13.2 Å². The van der Waals surface area contributed by atoms with Gasteiger partial charge in [0.15, 0.2) is 5.84 Å². The number of aromatic nitrogens is 1. The fourth-order valence-corrected chi connectivity index (χ4v) is 1.87. The Kier molecular flexibility index (Phi) is 5.11. The Labute approximate surface area is 122 Å². The van der Waals surface area contributed by atoms with Crippen LogP contribution in [0.1, 0.15) is 16.8 Å². The zero-order chi connectivity index (χ0) is 15.1. The van der Waals surface area contributed by atoms with Gasteiger partial charge in [0.05, 0.1) is 20.3 Å². The monoisotopic (exact) mass is 287 g/mol. The molecule has 0 amide bonds. The molecule has 1 aromatic heterocycles. The lowest BCUT2D eigenvalue weighted by Crippen LogP contribution is -2.17. The van der Waals surface area contributed by atoms with Crippen LogP contribution in [0.25, 0.3) is 0 Å². The third-order valence-electron chi connectivity index (χ3n) is 2.90. The van der Waals surface area contributed by atoms with Crippen molar-refractivity contribution in [3.63, 3.8) is 0 Å². The van der Waals surface area contributed by atoms with E-state index in [9.17, 15) is 0 Å². The highest BCUT2D eigenvalue weighted by atomic mass is 16.5. The van der Waals surface area contributed by atoms with Crippen LogP contribution in [-0.4, -0.2) is 23.1 Å². The van der Waals surface area contributed by atoms with Crippen molar-refractivity contribution in [1.82, 2.24) is 4.98 Å². The van der Waals surface area contributed by atoms with Crippen LogP contribution < -0.4 is 10.5 Å². The molecule has 2 rings (SSSR count). The summed E-state index contributed by atoms with van der Waals surface area (Å²) in [5.41, 5.74) is 7.77. The Morgan fingerprint density at radius 3 is 2.90 bits per heavy atom.